The van der Waals surface area contributed by atoms with Gasteiger partial charge in [-0.25, -0.2) is 4.79 Å². The monoisotopic (exact) mass is 320 g/mol. The number of aromatic nitrogens is 2. The molecule has 2 heterocycles. The van der Waals surface area contributed by atoms with Gasteiger partial charge in [0.2, 0.25) is 0 Å². The molecule has 1 aliphatic rings. The van der Waals surface area contributed by atoms with Crippen LogP contribution in [0.2, 0.25) is 5.02 Å². The molecule has 0 saturated heterocycles. The van der Waals surface area contributed by atoms with Crippen molar-refractivity contribution < 1.29 is 14.3 Å². The van der Waals surface area contributed by atoms with Crippen molar-refractivity contribution >= 4 is 17.6 Å². The Morgan fingerprint density at radius 2 is 2.14 bits per heavy atom. The van der Waals surface area contributed by atoms with Crippen molar-refractivity contribution in [2.24, 2.45) is 0 Å². The summed E-state index contributed by atoms with van der Waals surface area (Å²) < 4.78 is 12.2. The van der Waals surface area contributed by atoms with Gasteiger partial charge in [-0.3, -0.25) is 4.68 Å². The number of carbonyl (C=O) groups excluding carboxylic acids is 1. The lowest BCUT2D eigenvalue weighted by molar-refractivity contribution is 0.0593. The molecule has 0 radical (unpaired) electrons. The van der Waals surface area contributed by atoms with E-state index in [0.29, 0.717) is 23.7 Å². The lowest BCUT2D eigenvalue weighted by atomic mass is 9.97. The molecule has 0 spiro atoms. The second kappa shape index (κ2) is 6.10. The standard InChI is InChI=1S/C16H17ClN2O3/c1-21-10-7-8-19-13(9-10)14(15(18-19)16(20)22-2)11-5-3-4-6-12(11)17/h3-6,10H,7-9H2,1-2H3. The maximum Gasteiger partial charge on any atom is 0.359 e. The molecule has 1 atom stereocenters. The van der Waals surface area contributed by atoms with E-state index in [4.69, 9.17) is 21.1 Å². The number of rotatable bonds is 3. The summed E-state index contributed by atoms with van der Waals surface area (Å²) in [4.78, 5) is 12.1. The Bertz CT molecular complexity index is 711. The highest BCUT2D eigenvalue weighted by molar-refractivity contribution is 6.33. The van der Waals surface area contributed by atoms with E-state index < -0.39 is 5.97 Å². The number of carbonyl (C=O) groups is 1. The Hall–Kier alpha value is -1.85. The number of hydrogen-bond acceptors (Lipinski definition) is 4. The van der Waals surface area contributed by atoms with Crippen molar-refractivity contribution in [3.8, 4) is 11.1 Å². The Morgan fingerprint density at radius 1 is 1.36 bits per heavy atom. The van der Waals surface area contributed by atoms with Crippen LogP contribution in [-0.4, -0.2) is 36.1 Å². The quantitative estimate of drug-likeness (QED) is 0.816. The fraction of sp³-hybridized carbons (Fsp3) is 0.375. The number of benzene rings is 1. The summed E-state index contributed by atoms with van der Waals surface area (Å²) >= 11 is 6.33. The maximum absolute atomic E-state index is 12.1. The average molecular weight is 321 g/mol. The van der Waals surface area contributed by atoms with Crippen LogP contribution >= 0.6 is 11.6 Å². The third-order valence-electron chi connectivity index (χ3n) is 4.00. The highest BCUT2D eigenvalue weighted by Crippen LogP contribution is 2.36. The van der Waals surface area contributed by atoms with Gasteiger partial charge in [0.25, 0.3) is 0 Å². The first-order chi connectivity index (χ1) is 10.7. The van der Waals surface area contributed by atoms with Crippen LogP contribution in [0.25, 0.3) is 11.1 Å². The van der Waals surface area contributed by atoms with E-state index in [9.17, 15) is 4.79 Å². The van der Waals surface area contributed by atoms with Crippen LogP contribution in [0, 0.1) is 0 Å². The largest absolute Gasteiger partial charge is 0.464 e. The first kappa shape index (κ1) is 15.1. The fourth-order valence-electron chi connectivity index (χ4n) is 2.86. The minimum Gasteiger partial charge on any atom is -0.464 e. The number of methoxy groups -OCH3 is 2. The summed E-state index contributed by atoms with van der Waals surface area (Å²) in [6.45, 7) is 0.711. The summed E-state index contributed by atoms with van der Waals surface area (Å²) in [5.74, 6) is -0.453. The second-order valence-corrected chi connectivity index (χ2v) is 5.62. The summed E-state index contributed by atoms with van der Waals surface area (Å²) in [6, 6.07) is 7.45. The average Bonchev–Trinajstić information content (AvgIpc) is 2.92. The molecule has 5 nitrogen and oxygen atoms in total. The predicted molar refractivity (Wildman–Crippen MR) is 83.1 cm³/mol. The number of aryl methyl sites for hydroxylation is 1. The van der Waals surface area contributed by atoms with Gasteiger partial charge >= 0.3 is 5.97 Å². The number of esters is 1. The first-order valence-electron chi connectivity index (χ1n) is 7.11. The zero-order chi connectivity index (χ0) is 15.7. The lowest BCUT2D eigenvalue weighted by Crippen LogP contribution is -2.25. The first-order valence-corrected chi connectivity index (χ1v) is 7.49. The molecule has 1 unspecified atom stereocenters. The summed E-state index contributed by atoms with van der Waals surface area (Å²) in [5, 5.41) is 5.02. The Balaban J connectivity index is 2.20. The molecule has 0 fully saturated rings. The van der Waals surface area contributed by atoms with Gasteiger partial charge in [-0.1, -0.05) is 29.8 Å². The van der Waals surface area contributed by atoms with Gasteiger partial charge in [0.05, 0.1) is 13.2 Å². The van der Waals surface area contributed by atoms with Crippen molar-refractivity contribution in [1.29, 1.82) is 0 Å². The van der Waals surface area contributed by atoms with Crippen LogP contribution in [-0.2, 0) is 22.4 Å². The van der Waals surface area contributed by atoms with Crippen molar-refractivity contribution in [3.63, 3.8) is 0 Å². The molecule has 2 aromatic rings. The molecule has 0 aliphatic carbocycles. The van der Waals surface area contributed by atoms with E-state index in [-0.39, 0.29) is 6.10 Å². The maximum atomic E-state index is 12.1. The number of ether oxygens (including phenoxy) is 2. The Kier molecular flexibility index (Phi) is 4.18. The van der Waals surface area contributed by atoms with Crippen LogP contribution in [0.3, 0.4) is 0 Å². The van der Waals surface area contributed by atoms with E-state index in [1.807, 2.05) is 22.9 Å². The Labute approximate surface area is 133 Å². The molecule has 6 heteroatoms. The van der Waals surface area contributed by atoms with Crippen LogP contribution in [0.1, 0.15) is 22.6 Å². The van der Waals surface area contributed by atoms with E-state index in [2.05, 4.69) is 5.10 Å². The van der Waals surface area contributed by atoms with Crippen LogP contribution in [0.4, 0.5) is 0 Å². The second-order valence-electron chi connectivity index (χ2n) is 5.22. The fourth-order valence-corrected chi connectivity index (χ4v) is 3.09. The van der Waals surface area contributed by atoms with E-state index in [1.165, 1.54) is 7.11 Å². The molecule has 22 heavy (non-hydrogen) atoms. The van der Waals surface area contributed by atoms with Gasteiger partial charge in [-0.05, 0) is 12.5 Å². The third kappa shape index (κ3) is 2.51. The molecule has 116 valence electrons. The highest BCUT2D eigenvalue weighted by atomic mass is 35.5. The van der Waals surface area contributed by atoms with E-state index >= 15 is 0 Å². The molecule has 0 saturated carbocycles. The predicted octanol–water partition coefficient (Wildman–Crippen LogP) is 2.95. The zero-order valence-electron chi connectivity index (χ0n) is 12.5. The van der Waals surface area contributed by atoms with Crippen molar-refractivity contribution in [2.75, 3.05) is 14.2 Å². The molecular weight excluding hydrogens is 304 g/mol. The number of fused-ring (bicyclic) bond motifs is 1. The normalized spacial score (nSPS) is 17.1. The molecule has 3 rings (SSSR count). The van der Waals surface area contributed by atoms with Crippen molar-refractivity contribution in [1.82, 2.24) is 9.78 Å². The van der Waals surface area contributed by atoms with Gasteiger partial charge in [0, 0.05) is 41.9 Å². The molecular formula is C16H17ClN2O3. The number of halogens is 1. The molecule has 1 aliphatic heterocycles. The zero-order valence-corrected chi connectivity index (χ0v) is 13.3. The summed E-state index contributed by atoms with van der Waals surface area (Å²) in [5.41, 5.74) is 2.82. The minimum absolute atomic E-state index is 0.121. The smallest absolute Gasteiger partial charge is 0.359 e. The van der Waals surface area contributed by atoms with Gasteiger partial charge < -0.3 is 9.47 Å². The van der Waals surface area contributed by atoms with Crippen LogP contribution in [0.15, 0.2) is 24.3 Å². The highest BCUT2D eigenvalue weighted by Gasteiger charge is 2.30. The van der Waals surface area contributed by atoms with Gasteiger partial charge in [-0.15, -0.1) is 0 Å². The topological polar surface area (TPSA) is 53.3 Å². The van der Waals surface area contributed by atoms with Crippen molar-refractivity contribution in [2.45, 2.75) is 25.5 Å². The lowest BCUT2D eigenvalue weighted by Gasteiger charge is -2.23. The van der Waals surface area contributed by atoms with Crippen molar-refractivity contribution in [3.05, 3.63) is 40.7 Å². The molecule has 0 amide bonds. The molecule has 0 N–H and O–H groups in total. The third-order valence-corrected chi connectivity index (χ3v) is 4.33. The number of hydrogen-bond donors (Lipinski definition) is 0. The summed E-state index contributed by atoms with van der Waals surface area (Å²) in [7, 11) is 3.06. The van der Waals surface area contributed by atoms with Gasteiger partial charge in [-0.2, -0.15) is 5.10 Å². The van der Waals surface area contributed by atoms with Gasteiger partial charge in [0.1, 0.15) is 0 Å². The number of nitrogens with zero attached hydrogens (tertiary/aromatic N) is 2. The summed E-state index contributed by atoms with van der Waals surface area (Å²) in [6.07, 6.45) is 1.69. The van der Waals surface area contributed by atoms with Crippen LogP contribution < -0.4 is 0 Å². The Morgan fingerprint density at radius 3 is 2.82 bits per heavy atom. The van der Waals surface area contributed by atoms with Gasteiger partial charge in [0.15, 0.2) is 5.69 Å². The molecule has 1 aromatic carbocycles. The molecule has 1 aromatic heterocycles. The minimum atomic E-state index is -0.453. The van der Waals surface area contributed by atoms with E-state index in [1.54, 1.807) is 13.2 Å². The SMILES string of the molecule is COC(=O)c1nn2c(c1-c1ccccc1Cl)CC(OC)CC2. The van der Waals surface area contributed by atoms with E-state index in [0.717, 1.165) is 23.2 Å². The van der Waals surface area contributed by atoms with Crippen LogP contribution in [0.5, 0.6) is 0 Å². The molecule has 0 bridgehead atoms.